The molecule has 3 N–H and O–H groups in total. The lowest BCUT2D eigenvalue weighted by Gasteiger charge is -2.45. The predicted molar refractivity (Wildman–Crippen MR) is 139 cm³/mol. The van der Waals surface area contributed by atoms with Crippen molar-refractivity contribution in [2.24, 2.45) is 0 Å². The van der Waals surface area contributed by atoms with Crippen LogP contribution < -0.4 is 16.2 Å². The van der Waals surface area contributed by atoms with E-state index in [1.165, 1.54) is 29.0 Å². The highest BCUT2D eigenvalue weighted by Gasteiger charge is 2.52. The van der Waals surface area contributed by atoms with Crippen LogP contribution in [0.1, 0.15) is 63.6 Å². The average Bonchev–Trinajstić information content (AvgIpc) is 3.16. The van der Waals surface area contributed by atoms with Crippen molar-refractivity contribution in [3.8, 4) is 5.75 Å². The van der Waals surface area contributed by atoms with E-state index in [9.17, 15) is 23.9 Å². The van der Waals surface area contributed by atoms with Crippen LogP contribution in [0.5, 0.6) is 5.75 Å². The number of fused-ring (bicyclic) bond motifs is 2. The highest BCUT2D eigenvalue weighted by Crippen LogP contribution is 2.47. The Hall–Kier alpha value is -4.19. The first-order valence-corrected chi connectivity index (χ1v) is 12.7. The van der Waals surface area contributed by atoms with Gasteiger partial charge in [0.1, 0.15) is 11.6 Å². The van der Waals surface area contributed by atoms with Gasteiger partial charge in [0.15, 0.2) is 11.4 Å². The fourth-order valence-corrected chi connectivity index (χ4v) is 5.59. The van der Waals surface area contributed by atoms with E-state index < -0.39 is 39.9 Å². The van der Waals surface area contributed by atoms with Gasteiger partial charge in [0.05, 0.1) is 5.54 Å². The summed E-state index contributed by atoms with van der Waals surface area (Å²) < 4.78 is 15.0. The van der Waals surface area contributed by atoms with Gasteiger partial charge in [0, 0.05) is 24.8 Å². The third-order valence-corrected chi connectivity index (χ3v) is 8.06. The smallest absolute Gasteiger partial charge is 0.296 e. The molecule has 2 aliphatic heterocycles. The van der Waals surface area contributed by atoms with Crippen LogP contribution in [-0.2, 0) is 18.6 Å². The third-order valence-electron chi connectivity index (χ3n) is 8.06. The van der Waals surface area contributed by atoms with Crippen molar-refractivity contribution in [2.45, 2.75) is 56.8 Å². The summed E-state index contributed by atoms with van der Waals surface area (Å²) in [7, 11) is 3.88. The van der Waals surface area contributed by atoms with Gasteiger partial charge in [-0.3, -0.25) is 19.0 Å². The first-order valence-electron chi connectivity index (χ1n) is 12.7. The molecule has 3 aliphatic rings. The molecule has 1 saturated carbocycles. The molecule has 11 nitrogen and oxygen atoms in total. The van der Waals surface area contributed by atoms with E-state index in [-0.39, 0.29) is 30.4 Å². The molecule has 0 saturated heterocycles. The number of rotatable bonds is 6. The van der Waals surface area contributed by atoms with E-state index in [0.717, 1.165) is 0 Å². The Kier molecular flexibility index (Phi) is 6.67. The van der Waals surface area contributed by atoms with E-state index in [4.69, 9.17) is 0 Å². The molecular formula is C27H30FN7O4. The van der Waals surface area contributed by atoms with Crippen molar-refractivity contribution in [3.05, 3.63) is 81.0 Å². The van der Waals surface area contributed by atoms with Gasteiger partial charge >= 0.3 is 0 Å². The van der Waals surface area contributed by atoms with Crippen LogP contribution in [0.4, 0.5) is 4.39 Å². The van der Waals surface area contributed by atoms with Gasteiger partial charge in [-0.15, -0.1) is 5.10 Å². The lowest BCUT2D eigenvalue weighted by atomic mass is 9.72. The van der Waals surface area contributed by atoms with Gasteiger partial charge in [-0.1, -0.05) is 12.1 Å². The second kappa shape index (κ2) is 9.84. The van der Waals surface area contributed by atoms with Crippen molar-refractivity contribution in [1.82, 2.24) is 35.3 Å². The molecule has 6 rings (SSSR count). The molecular weight excluding hydrogens is 505 g/mol. The molecule has 1 aliphatic carbocycles. The van der Waals surface area contributed by atoms with Gasteiger partial charge in [0.25, 0.3) is 17.4 Å². The molecule has 39 heavy (non-hydrogen) atoms. The number of aromatic nitrogens is 4. The van der Waals surface area contributed by atoms with Crippen LogP contribution in [0.15, 0.2) is 41.3 Å². The quantitative estimate of drug-likeness (QED) is 0.432. The number of aryl methyl sites for hydroxylation is 1. The number of benzene rings is 1. The zero-order valence-electron chi connectivity index (χ0n) is 22.0. The fraction of sp³-hybridized carbons (Fsp3) is 0.407. The normalized spacial score (nSPS) is 21.8. The summed E-state index contributed by atoms with van der Waals surface area (Å²) >= 11 is 0. The molecule has 0 radical (unpaired) electrons. The molecule has 2 amide bonds. The number of aromatic hydroxyl groups is 1. The molecule has 3 aromatic rings. The van der Waals surface area contributed by atoms with Crippen LogP contribution in [0.2, 0.25) is 0 Å². The maximum absolute atomic E-state index is 13.6. The van der Waals surface area contributed by atoms with Crippen molar-refractivity contribution in [1.29, 1.82) is 0 Å². The van der Waals surface area contributed by atoms with Gasteiger partial charge < -0.3 is 20.6 Å². The summed E-state index contributed by atoms with van der Waals surface area (Å²) in [6.07, 6.45) is 3.68. The molecule has 2 bridgehead atoms. The number of carbonyl (C=O) groups excluding carboxylic acids is 2. The van der Waals surface area contributed by atoms with E-state index >= 15 is 0 Å². The lowest BCUT2D eigenvalue weighted by Crippen LogP contribution is -2.54. The molecule has 1 aromatic carbocycles. The summed E-state index contributed by atoms with van der Waals surface area (Å²) in [5, 5.41) is 24.2. The van der Waals surface area contributed by atoms with E-state index in [1.54, 1.807) is 19.1 Å². The van der Waals surface area contributed by atoms with Crippen molar-refractivity contribution >= 4 is 11.8 Å². The molecule has 12 heteroatoms. The maximum Gasteiger partial charge on any atom is 0.296 e. The Morgan fingerprint density at radius 1 is 1.15 bits per heavy atom. The number of halogens is 1. The number of nitrogens with one attached hydrogen (secondary N) is 2. The standard InChI is InChI=1S/C27H30FN7O4/c1-16-13-17(6-7-18(16)28)14-29-23(38)20-21(36)24(39)35-15-26(34(2)3)8-10-27(11-9-26,25(35)31-20)32-22(37)19-5-4-12-30-33-19/h4-7,12-13,36H,8-11,14-15H2,1-3H3,(H,29,38)(H,32,37). The van der Waals surface area contributed by atoms with Gasteiger partial charge in [-0.2, -0.15) is 5.10 Å². The predicted octanol–water partition coefficient (Wildman–Crippen LogP) is 1.63. The summed E-state index contributed by atoms with van der Waals surface area (Å²) in [5.41, 5.74) is -1.46. The number of hydrogen-bond donors (Lipinski definition) is 3. The number of nitrogens with zero attached hydrogens (tertiary/aromatic N) is 5. The molecule has 0 spiro atoms. The van der Waals surface area contributed by atoms with Crippen molar-refractivity contribution in [3.63, 3.8) is 0 Å². The minimum atomic E-state index is -1.07. The lowest BCUT2D eigenvalue weighted by molar-refractivity contribution is 0.0546. The van der Waals surface area contributed by atoms with Crippen molar-refractivity contribution in [2.75, 3.05) is 14.1 Å². The second-order valence-corrected chi connectivity index (χ2v) is 10.6. The average molecular weight is 536 g/mol. The number of amides is 2. The Balaban J connectivity index is 1.55. The molecule has 4 heterocycles. The van der Waals surface area contributed by atoms with Crippen molar-refractivity contribution < 1.29 is 19.1 Å². The highest BCUT2D eigenvalue weighted by atomic mass is 19.1. The third kappa shape index (κ3) is 4.65. The van der Waals surface area contributed by atoms with Crippen LogP contribution in [0.25, 0.3) is 0 Å². The Bertz CT molecular complexity index is 1500. The van der Waals surface area contributed by atoms with Gasteiger partial charge in [-0.05, 0) is 76.0 Å². The van der Waals surface area contributed by atoms with E-state index in [2.05, 4.69) is 30.7 Å². The van der Waals surface area contributed by atoms with Crippen LogP contribution in [0, 0.1) is 12.7 Å². The number of carbonyl (C=O) groups is 2. The second-order valence-electron chi connectivity index (χ2n) is 10.6. The molecule has 0 atom stereocenters. The summed E-state index contributed by atoms with van der Waals surface area (Å²) in [4.78, 5) is 46.5. The van der Waals surface area contributed by atoms with Crippen LogP contribution in [0.3, 0.4) is 0 Å². The first kappa shape index (κ1) is 26.4. The number of hydrogen-bond acceptors (Lipinski definition) is 8. The Morgan fingerprint density at radius 2 is 1.90 bits per heavy atom. The Labute approximate surface area is 224 Å². The highest BCUT2D eigenvalue weighted by molar-refractivity contribution is 5.95. The summed E-state index contributed by atoms with van der Waals surface area (Å²) in [6.45, 7) is 1.90. The monoisotopic (exact) mass is 535 g/mol. The molecule has 204 valence electrons. The van der Waals surface area contributed by atoms with E-state index in [1.807, 2.05) is 14.1 Å². The minimum absolute atomic E-state index is 0.0395. The maximum atomic E-state index is 13.6. The molecule has 2 aromatic heterocycles. The fourth-order valence-electron chi connectivity index (χ4n) is 5.59. The van der Waals surface area contributed by atoms with Crippen LogP contribution >= 0.6 is 0 Å². The Morgan fingerprint density at radius 3 is 2.54 bits per heavy atom. The zero-order chi connectivity index (χ0) is 27.9. The summed E-state index contributed by atoms with van der Waals surface area (Å²) in [5.74, 6) is -2.15. The topological polar surface area (TPSA) is 142 Å². The zero-order valence-corrected chi connectivity index (χ0v) is 22.0. The SMILES string of the molecule is Cc1cc(CNC(=O)c2nc3n(c(=O)c2O)CC2(N(C)C)CCC3(NC(=O)c3cccnn3)CC2)ccc1F. The molecule has 1 fully saturated rings. The first-order chi connectivity index (χ1) is 18.5. The van der Waals surface area contributed by atoms with E-state index in [0.29, 0.717) is 36.8 Å². The number of likely N-dealkylation sites (N-methyl/N-ethyl adjacent to an activating group) is 1. The summed E-state index contributed by atoms with van der Waals surface area (Å²) in [6, 6.07) is 7.59. The van der Waals surface area contributed by atoms with Gasteiger partial charge in [0.2, 0.25) is 5.75 Å². The largest absolute Gasteiger partial charge is 0.501 e. The molecule has 0 unspecified atom stereocenters. The van der Waals surface area contributed by atoms with Crippen LogP contribution in [-0.4, -0.2) is 61.2 Å². The minimum Gasteiger partial charge on any atom is -0.501 e. The van der Waals surface area contributed by atoms with Gasteiger partial charge in [-0.25, -0.2) is 9.37 Å².